The van der Waals surface area contributed by atoms with E-state index < -0.39 is 3.42 Å². The lowest BCUT2D eigenvalue weighted by atomic mass is 10.1. The second kappa shape index (κ2) is 2.64. The van der Waals surface area contributed by atoms with Crippen LogP contribution in [0.15, 0.2) is 18.2 Å². The summed E-state index contributed by atoms with van der Waals surface area (Å²) in [6, 6.07) is 5.77. The molecule has 1 aliphatic heterocycles. The zero-order chi connectivity index (χ0) is 8.77. The molecule has 0 saturated heterocycles. The number of halogens is 2. The van der Waals surface area contributed by atoms with Crippen molar-refractivity contribution >= 4 is 37.5 Å². The van der Waals surface area contributed by atoms with Gasteiger partial charge in [-0.2, -0.15) is 0 Å². The number of hydrogen-bond acceptors (Lipinski definition) is 2. The van der Waals surface area contributed by atoms with Crippen molar-refractivity contribution < 1.29 is 4.74 Å². The fourth-order valence-corrected chi connectivity index (χ4v) is 2.20. The van der Waals surface area contributed by atoms with E-state index in [-0.39, 0.29) is 0 Å². The summed E-state index contributed by atoms with van der Waals surface area (Å²) in [6.45, 7) is 0. The van der Waals surface area contributed by atoms with Crippen LogP contribution < -0.4 is 10.5 Å². The highest BCUT2D eigenvalue weighted by Crippen LogP contribution is 2.45. The van der Waals surface area contributed by atoms with E-state index in [2.05, 4.69) is 31.9 Å². The number of rotatable bonds is 0. The average Bonchev–Trinajstić information content (AvgIpc) is 2.25. The molecule has 0 aliphatic carbocycles. The summed E-state index contributed by atoms with van der Waals surface area (Å²) in [5, 5.41) is 0. The quantitative estimate of drug-likeness (QED) is 0.589. The summed E-state index contributed by atoms with van der Waals surface area (Å²) in [4.78, 5) is 0. The largest absolute Gasteiger partial charge is 0.463 e. The maximum absolute atomic E-state index is 5.73. The zero-order valence-electron chi connectivity index (χ0n) is 6.18. The van der Waals surface area contributed by atoms with Crippen LogP contribution in [0.5, 0.6) is 5.75 Å². The van der Waals surface area contributed by atoms with E-state index in [0.717, 1.165) is 17.7 Å². The number of alkyl halides is 2. The van der Waals surface area contributed by atoms with Gasteiger partial charge in [0.25, 0.3) is 0 Å². The Bertz CT molecular complexity index is 325. The van der Waals surface area contributed by atoms with Crippen LogP contribution in [0.1, 0.15) is 5.56 Å². The van der Waals surface area contributed by atoms with Gasteiger partial charge in [-0.3, -0.25) is 0 Å². The van der Waals surface area contributed by atoms with Crippen LogP contribution >= 0.6 is 31.9 Å². The molecular formula is C8H7Br2NO. The van der Waals surface area contributed by atoms with Gasteiger partial charge in [0.05, 0.1) is 5.69 Å². The summed E-state index contributed by atoms with van der Waals surface area (Å²) in [6.07, 6.45) is 0.785. The number of benzene rings is 1. The molecule has 0 unspecified atom stereocenters. The number of nitrogens with two attached hydrogens (primary N) is 1. The Morgan fingerprint density at radius 2 is 2.17 bits per heavy atom. The van der Waals surface area contributed by atoms with Crippen molar-refractivity contribution in [3.8, 4) is 5.75 Å². The van der Waals surface area contributed by atoms with Crippen LogP contribution in [-0.2, 0) is 6.42 Å². The van der Waals surface area contributed by atoms with Gasteiger partial charge in [0.15, 0.2) is 0 Å². The third kappa shape index (κ3) is 1.33. The first-order valence-corrected chi connectivity index (χ1v) is 5.11. The number of para-hydroxylation sites is 1. The van der Waals surface area contributed by atoms with E-state index in [9.17, 15) is 0 Å². The lowest BCUT2D eigenvalue weighted by molar-refractivity contribution is 0.306. The number of anilines is 1. The van der Waals surface area contributed by atoms with Crippen molar-refractivity contribution in [2.75, 3.05) is 5.73 Å². The van der Waals surface area contributed by atoms with Gasteiger partial charge >= 0.3 is 0 Å². The van der Waals surface area contributed by atoms with Gasteiger partial charge in [-0.15, -0.1) is 0 Å². The Morgan fingerprint density at radius 3 is 2.83 bits per heavy atom. The SMILES string of the molecule is Nc1cccc2c1OC(Br)(Br)C2. The number of nitrogen functional groups attached to an aromatic ring is 1. The van der Waals surface area contributed by atoms with Gasteiger partial charge in [-0.05, 0) is 37.9 Å². The molecule has 0 saturated carbocycles. The van der Waals surface area contributed by atoms with Gasteiger partial charge in [0, 0.05) is 12.0 Å². The molecule has 2 rings (SSSR count). The topological polar surface area (TPSA) is 35.2 Å². The molecule has 0 radical (unpaired) electrons. The van der Waals surface area contributed by atoms with Crippen molar-refractivity contribution in [1.82, 2.24) is 0 Å². The normalized spacial score (nSPS) is 18.5. The second-order valence-electron chi connectivity index (χ2n) is 2.75. The molecule has 0 amide bonds. The van der Waals surface area contributed by atoms with Gasteiger partial charge in [-0.25, -0.2) is 0 Å². The summed E-state index contributed by atoms with van der Waals surface area (Å²) in [5.74, 6) is 0.784. The Labute approximate surface area is 87.3 Å². The molecule has 1 aromatic rings. The molecule has 1 aromatic carbocycles. The predicted molar refractivity (Wildman–Crippen MR) is 55.8 cm³/mol. The zero-order valence-corrected chi connectivity index (χ0v) is 9.35. The minimum atomic E-state index is -0.461. The van der Waals surface area contributed by atoms with Crippen molar-refractivity contribution in [2.45, 2.75) is 9.84 Å². The average molecular weight is 293 g/mol. The van der Waals surface area contributed by atoms with Crippen LogP contribution in [0.4, 0.5) is 5.69 Å². The van der Waals surface area contributed by atoms with Gasteiger partial charge < -0.3 is 10.5 Å². The van der Waals surface area contributed by atoms with Crippen LogP contribution in [0.3, 0.4) is 0 Å². The van der Waals surface area contributed by atoms with E-state index in [4.69, 9.17) is 10.5 Å². The lowest BCUT2D eigenvalue weighted by Gasteiger charge is -2.12. The lowest BCUT2D eigenvalue weighted by Crippen LogP contribution is -2.15. The highest BCUT2D eigenvalue weighted by Gasteiger charge is 2.34. The molecule has 2 N–H and O–H groups in total. The maximum atomic E-state index is 5.73. The van der Waals surface area contributed by atoms with Crippen LogP contribution in [0, 0.1) is 0 Å². The van der Waals surface area contributed by atoms with Crippen LogP contribution in [-0.4, -0.2) is 3.42 Å². The smallest absolute Gasteiger partial charge is 0.222 e. The molecule has 1 heterocycles. The molecule has 1 aliphatic rings. The van der Waals surface area contributed by atoms with Crippen LogP contribution in [0.25, 0.3) is 0 Å². The first-order valence-electron chi connectivity index (χ1n) is 3.53. The Morgan fingerprint density at radius 1 is 1.42 bits per heavy atom. The number of ether oxygens (including phenoxy) is 1. The highest BCUT2D eigenvalue weighted by molar-refractivity contribution is 9.25. The summed E-state index contributed by atoms with van der Waals surface area (Å²) < 4.78 is 5.07. The molecular weight excluding hydrogens is 286 g/mol. The molecule has 0 bridgehead atoms. The Hall–Kier alpha value is -0.220. The van der Waals surface area contributed by atoms with Gasteiger partial charge in [0.2, 0.25) is 3.42 Å². The maximum Gasteiger partial charge on any atom is 0.222 e. The first kappa shape index (κ1) is 8.38. The van der Waals surface area contributed by atoms with Crippen LogP contribution in [0.2, 0.25) is 0 Å². The molecule has 0 atom stereocenters. The van der Waals surface area contributed by atoms with Crippen molar-refractivity contribution in [2.24, 2.45) is 0 Å². The van der Waals surface area contributed by atoms with Gasteiger partial charge in [0.1, 0.15) is 5.75 Å². The first-order chi connectivity index (χ1) is 5.58. The van der Waals surface area contributed by atoms with E-state index in [1.54, 1.807) is 0 Å². The number of fused-ring (bicyclic) bond motifs is 1. The van der Waals surface area contributed by atoms with Crippen molar-refractivity contribution in [1.29, 1.82) is 0 Å². The molecule has 0 aromatic heterocycles. The predicted octanol–water partition coefficient (Wildman–Crippen LogP) is 2.65. The number of hydrogen-bond donors (Lipinski definition) is 1. The molecule has 0 fully saturated rings. The van der Waals surface area contributed by atoms with Gasteiger partial charge in [-0.1, -0.05) is 12.1 Å². The summed E-state index contributed by atoms with van der Waals surface area (Å²) in [7, 11) is 0. The molecule has 12 heavy (non-hydrogen) atoms. The standard InChI is InChI=1S/C8H7Br2NO/c9-8(10)4-5-2-1-3-6(11)7(5)12-8/h1-3H,4,11H2. The molecule has 0 spiro atoms. The molecule has 64 valence electrons. The Balaban J connectivity index is 2.48. The molecule has 4 heteroatoms. The molecule has 2 nitrogen and oxygen atoms in total. The Kier molecular flexibility index (Phi) is 1.84. The minimum Gasteiger partial charge on any atom is -0.463 e. The highest BCUT2D eigenvalue weighted by atomic mass is 79.9. The summed E-state index contributed by atoms with van der Waals surface area (Å²) >= 11 is 6.79. The van der Waals surface area contributed by atoms with E-state index in [0.29, 0.717) is 5.69 Å². The fraction of sp³-hybridized carbons (Fsp3) is 0.250. The fourth-order valence-electron chi connectivity index (χ4n) is 1.28. The van der Waals surface area contributed by atoms with E-state index in [1.807, 2.05) is 18.2 Å². The second-order valence-corrected chi connectivity index (χ2v) is 6.38. The van der Waals surface area contributed by atoms with Crippen molar-refractivity contribution in [3.63, 3.8) is 0 Å². The van der Waals surface area contributed by atoms with E-state index >= 15 is 0 Å². The third-order valence-corrected chi connectivity index (χ3v) is 2.66. The minimum absolute atomic E-state index is 0.461. The third-order valence-electron chi connectivity index (χ3n) is 1.77. The van der Waals surface area contributed by atoms with E-state index in [1.165, 1.54) is 0 Å². The summed E-state index contributed by atoms with van der Waals surface area (Å²) in [5.41, 5.74) is 7.54. The van der Waals surface area contributed by atoms with Crippen molar-refractivity contribution in [3.05, 3.63) is 23.8 Å². The monoisotopic (exact) mass is 291 g/mol.